The lowest BCUT2D eigenvalue weighted by molar-refractivity contribution is 0.0733. The SMILES string of the molecule is Cc1ccc(C(=O)N2CCc3c(c(-c4nc(C5CC5)no4)nn3C)C2)cc1. The summed E-state index contributed by atoms with van der Waals surface area (Å²) in [6.45, 7) is 3.20. The van der Waals surface area contributed by atoms with Crippen molar-refractivity contribution in [1.82, 2.24) is 24.8 Å². The van der Waals surface area contributed by atoms with Crippen LogP contribution >= 0.6 is 0 Å². The average molecular weight is 363 g/mol. The molecule has 0 saturated heterocycles. The van der Waals surface area contributed by atoms with Crippen LogP contribution < -0.4 is 0 Å². The largest absolute Gasteiger partial charge is 0.334 e. The van der Waals surface area contributed by atoms with Crippen LogP contribution in [-0.2, 0) is 20.0 Å². The lowest BCUT2D eigenvalue weighted by atomic mass is 10.0. The van der Waals surface area contributed by atoms with Gasteiger partial charge in [0.05, 0.1) is 6.54 Å². The van der Waals surface area contributed by atoms with Gasteiger partial charge in [0.1, 0.15) is 0 Å². The summed E-state index contributed by atoms with van der Waals surface area (Å²) in [6, 6.07) is 7.71. The number of aromatic nitrogens is 4. The van der Waals surface area contributed by atoms with Crippen LogP contribution in [0.15, 0.2) is 28.8 Å². The zero-order valence-corrected chi connectivity index (χ0v) is 15.5. The maximum Gasteiger partial charge on any atom is 0.278 e. The molecule has 7 nitrogen and oxygen atoms in total. The Labute approximate surface area is 157 Å². The van der Waals surface area contributed by atoms with Gasteiger partial charge >= 0.3 is 0 Å². The minimum atomic E-state index is 0.0413. The molecule has 0 N–H and O–H groups in total. The molecule has 1 fully saturated rings. The van der Waals surface area contributed by atoms with Gasteiger partial charge in [0.25, 0.3) is 11.8 Å². The van der Waals surface area contributed by atoms with Crippen molar-refractivity contribution in [1.29, 1.82) is 0 Å². The van der Waals surface area contributed by atoms with Crippen molar-refractivity contribution in [3.63, 3.8) is 0 Å². The Morgan fingerprint density at radius 1 is 1.22 bits per heavy atom. The number of rotatable bonds is 3. The molecule has 0 radical (unpaired) electrons. The first-order chi connectivity index (χ1) is 13.1. The fourth-order valence-electron chi connectivity index (χ4n) is 3.65. The molecule has 3 heterocycles. The first-order valence-electron chi connectivity index (χ1n) is 9.35. The molecule has 27 heavy (non-hydrogen) atoms. The van der Waals surface area contributed by atoms with Crippen molar-refractivity contribution >= 4 is 5.91 Å². The normalized spacial score (nSPS) is 16.4. The Kier molecular flexibility index (Phi) is 3.63. The van der Waals surface area contributed by atoms with E-state index in [-0.39, 0.29) is 5.91 Å². The Morgan fingerprint density at radius 3 is 2.74 bits per heavy atom. The number of hydrogen-bond acceptors (Lipinski definition) is 5. The number of nitrogens with zero attached hydrogens (tertiary/aromatic N) is 5. The molecular formula is C20H21N5O2. The molecule has 1 aromatic carbocycles. The van der Waals surface area contributed by atoms with Crippen molar-refractivity contribution in [3.8, 4) is 11.6 Å². The molecule has 1 aliphatic carbocycles. The van der Waals surface area contributed by atoms with Gasteiger partial charge in [-0.15, -0.1) is 0 Å². The third-order valence-electron chi connectivity index (χ3n) is 5.41. The van der Waals surface area contributed by atoms with Gasteiger partial charge in [0.15, 0.2) is 11.5 Å². The van der Waals surface area contributed by atoms with E-state index in [1.807, 2.05) is 47.8 Å². The number of carbonyl (C=O) groups excluding carboxylic acids is 1. The summed E-state index contributed by atoms with van der Waals surface area (Å²) < 4.78 is 7.36. The minimum absolute atomic E-state index is 0.0413. The average Bonchev–Trinajstić information content (AvgIpc) is 3.33. The van der Waals surface area contributed by atoms with Gasteiger partial charge < -0.3 is 9.42 Å². The van der Waals surface area contributed by atoms with Crippen LogP contribution in [0.5, 0.6) is 0 Å². The lowest BCUT2D eigenvalue weighted by Gasteiger charge is -2.27. The number of hydrogen-bond donors (Lipinski definition) is 0. The van der Waals surface area contributed by atoms with E-state index in [9.17, 15) is 4.79 Å². The van der Waals surface area contributed by atoms with Crippen LogP contribution in [0.4, 0.5) is 0 Å². The Hall–Kier alpha value is -2.96. The highest BCUT2D eigenvalue weighted by Crippen LogP contribution is 2.39. The van der Waals surface area contributed by atoms with Crippen LogP contribution in [0.3, 0.4) is 0 Å². The number of amides is 1. The fourth-order valence-corrected chi connectivity index (χ4v) is 3.65. The minimum Gasteiger partial charge on any atom is -0.334 e. The van der Waals surface area contributed by atoms with E-state index in [4.69, 9.17) is 4.52 Å². The highest BCUT2D eigenvalue weighted by atomic mass is 16.5. The standard InChI is InChI=1S/C20H21N5O2/c1-12-3-5-14(6-4-12)20(26)25-10-9-16-15(11-25)17(22-24(16)2)19-21-18(23-27-19)13-7-8-13/h3-6,13H,7-11H2,1-2H3. The topological polar surface area (TPSA) is 77.1 Å². The maximum absolute atomic E-state index is 12.9. The summed E-state index contributed by atoms with van der Waals surface area (Å²) >= 11 is 0. The molecule has 0 atom stereocenters. The summed E-state index contributed by atoms with van der Waals surface area (Å²) in [5.74, 6) is 1.70. The smallest absolute Gasteiger partial charge is 0.278 e. The van der Waals surface area contributed by atoms with Gasteiger partial charge in [0.2, 0.25) is 0 Å². The second kappa shape index (κ2) is 6.04. The molecule has 5 rings (SSSR count). The third-order valence-corrected chi connectivity index (χ3v) is 5.41. The molecule has 1 amide bonds. The highest BCUT2D eigenvalue weighted by molar-refractivity contribution is 5.94. The summed E-state index contributed by atoms with van der Waals surface area (Å²) in [4.78, 5) is 19.3. The molecule has 2 aliphatic rings. The van der Waals surface area contributed by atoms with E-state index in [0.29, 0.717) is 36.2 Å². The van der Waals surface area contributed by atoms with Crippen molar-refractivity contribution in [2.75, 3.05) is 6.54 Å². The molecule has 1 saturated carbocycles. The van der Waals surface area contributed by atoms with E-state index < -0.39 is 0 Å². The van der Waals surface area contributed by atoms with E-state index in [0.717, 1.165) is 41.9 Å². The Bertz CT molecular complexity index is 1010. The molecule has 1 aliphatic heterocycles. The van der Waals surface area contributed by atoms with E-state index >= 15 is 0 Å². The molecule has 7 heteroatoms. The highest BCUT2D eigenvalue weighted by Gasteiger charge is 2.32. The van der Waals surface area contributed by atoms with Gasteiger partial charge in [-0.3, -0.25) is 9.48 Å². The van der Waals surface area contributed by atoms with Crippen LogP contribution in [0, 0.1) is 6.92 Å². The monoisotopic (exact) mass is 363 g/mol. The molecule has 0 unspecified atom stereocenters. The Balaban J connectivity index is 1.45. The summed E-state index contributed by atoms with van der Waals surface area (Å²) in [5.41, 5.74) is 4.70. The molecule has 138 valence electrons. The first kappa shape index (κ1) is 16.2. The number of carbonyl (C=O) groups is 1. The number of benzene rings is 1. The van der Waals surface area contributed by atoms with Crippen molar-refractivity contribution < 1.29 is 9.32 Å². The van der Waals surface area contributed by atoms with Gasteiger partial charge in [-0.05, 0) is 31.9 Å². The molecular weight excluding hydrogens is 342 g/mol. The van der Waals surface area contributed by atoms with Gasteiger partial charge in [-0.2, -0.15) is 10.1 Å². The van der Waals surface area contributed by atoms with E-state index in [2.05, 4.69) is 15.2 Å². The summed E-state index contributed by atoms with van der Waals surface area (Å²) in [7, 11) is 1.93. The summed E-state index contributed by atoms with van der Waals surface area (Å²) in [6.07, 6.45) is 3.01. The van der Waals surface area contributed by atoms with Gasteiger partial charge in [-0.25, -0.2) is 0 Å². The van der Waals surface area contributed by atoms with Crippen molar-refractivity contribution in [3.05, 3.63) is 52.5 Å². The quantitative estimate of drug-likeness (QED) is 0.715. The predicted molar refractivity (Wildman–Crippen MR) is 98.1 cm³/mol. The zero-order valence-electron chi connectivity index (χ0n) is 15.5. The van der Waals surface area contributed by atoms with Crippen LogP contribution in [0.1, 0.15) is 51.8 Å². The van der Waals surface area contributed by atoms with Gasteiger partial charge in [-0.1, -0.05) is 22.9 Å². The molecule has 3 aromatic rings. The first-order valence-corrected chi connectivity index (χ1v) is 9.35. The number of fused-ring (bicyclic) bond motifs is 1. The molecule has 0 spiro atoms. The van der Waals surface area contributed by atoms with Crippen molar-refractivity contribution in [2.45, 2.75) is 38.6 Å². The van der Waals surface area contributed by atoms with Crippen LogP contribution in [-0.4, -0.2) is 37.3 Å². The van der Waals surface area contributed by atoms with E-state index in [1.54, 1.807) is 0 Å². The Morgan fingerprint density at radius 2 is 2.00 bits per heavy atom. The second-order valence-corrected chi connectivity index (χ2v) is 7.47. The molecule has 2 aromatic heterocycles. The second-order valence-electron chi connectivity index (χ2n) is 7.47. The zero-order chi connectivity index (χ0) is 18.5. The maximum atomic E-state index is 12.9. The lowest BCUT2D eigenvalue weighted by Crippen LogP contribution is -2.36. The summed E-state index contributed by atoms with van der Waals surface area (Å²) in [5, 5.41) is 8.72. The third kappa shape index (κ3) is 2.83. The van der Waals surface area contributed by atoms with Crippen molar-refractivity contribution in [2.24, 2.45) is 7.05 Å². The van der Waals surface area contributed by atoms with Gasteiger partial charge in [0, 0.05) is 42.8 Å². The van der Waals surface area contributed by atoms with Crippen LogP contribution in [0.2, 0.25) is 0 Å². The van der Waals surface area contributed by atoms with Crippen LogP contribution in [0.25, 0.3) is 11.6 Å². The predicted octanol–water partition coefficient (Wildman–Crippen LogP) is 2.85. The number of aryl methyl sites for hydroxylation is 2. The van der Waals surface area contributed by atoms with E-state index in [1.165, 1.54) is 0 Å². The fraction of sp³-hybridized carbons (Fsp3) is 0.400. The molecule has 0 bridgehead atoms.